The van der Waals surface area contributed by atoms with Gasteiger partial charge >= 0.3 is 0 Å². The first kappa shape index (κ1) is 10.1. The topological polar surface area (TPSA) is 25.2 Å². The van der Waals surface area contributed by atoms with E-state index in [4.69, 9.17) is 4.42 Å². The Morgan fingerprint density at radius 1 is 1.62 bits per heavy atom. The fourth-order valence-corrected chi connectivity index (χ4v) is 1.08. The minimum Gasteiger partial charge on any atom is -0.472 e. The zero-order valence-corrected chi connectivity index (χ0v) is 8.50. The van der Waals surface area contributed by atoms with Gasteiger partial charge in [0.05, 0.1) is 12.5 Å². The van der Waals surface area contributed by atoms with Gasteiger partial charge in [0.25, 0.3) is 0 Å². The summed E-state index contributed by atoms with van der Waals surface area (Å²) in [4.78, 5) is 0. The lowest BCUT2D eigenvalue weighted by molar-refractivity contribution is 0.549. The quantitative estimate of drug-likeness (QED) is 0.719. The molecule has 0 bridgehead atoms. The molecular weight excluding hydrogens is 162 g/mol. The Morgan fingerprint density at radius 3 is 2.92 bits per heavy atom. The van der Waals surface area contributed by atoms with Gasteiger partial charge in [-0.15, -0.1) is 0 Å². The molecule has 1 aromatic heterocycles. The van der Waals surface area contributed by atoms with Crippen molar-refractivity contribution < 1.29 is 4.42 Å². The maximum atomic E-state index is 5.01. The maximum absolute atomic E-state index is 5.01. The van der Waals surface area contributed by atoms with E-state index < -0.39 is 0 Å². The molecule has 0 aromatic carbocycles. The van der Waals surface area contributed by atoms with E-state index in [-0.39, 0.29) is 0 Å². The number of hydrogen-bond acceptors (Lipinski definition) is 2. The Bertz CT molecular complexity index is 258. The zero-order chi connectivity index (χ0) is 9.68. The summed E-state index contributed by atoms with van der Waals surface area (Å²) in [7, 11) is 0. The van der Waals surface area contributed by atoms with Crippen LogP contribution in [0.5, 0.6) is 0 Å². The van der Waals surface area contributed by atoms with Crippen LogP contribution in [0.4, 0.5) is 0 Å². The third-order valence-electron chi connectivity index (χ3n) is 1.98. The van der Waals surface area contributed by atoms with Crippen LogP contribution in [0.2, 0.25) is 0 Å². The molecule has 72 valence electrons. The van der Waals surface area contributed by atoms with Crippen molar-refractivity contribution in [1.29, 1.82) is 0 Å². The molecule has 1 unspecified atom stereocenters. The van der Waals surface area contributed by atoms with Crippen LogP contribution in [0.3, 0.4) is 0 Å². The molecule has 0 saturated carbocycles. The average molecular weight is 179 g/mol. The highest BCUT2D eigenvalue weighted by molar-refractivity contribution is 5.10. The van der Waals surface area contributed by atoms with E-state index in [9.17, 15) is 0 Å². The molecule has 1 aromatic rings. The fourth-order valence-electron chi connectivity index (χ4n) is 1.08. The number of furan rings is 1. The minimum absolute atomic E-state index is 0.356. The van der Waals surface area contributed by atoms with E-state index in [2.05, 4.69) is 32.2 Å². The Labute approximate surface area is 79.6 Å². The minimum atomic E-state index is 0.356. The monoisotopic (exact) mass is 179 g/mol. The SMILES string of the molecule is CC(C)=CCNC(C)c1ccoc1. The highest BCUT2D eigenvalue weighted by atomic mass is 16.3. The number of rotatable bonds is 4. The predicted octanol–water partition coefficient (Wildman–Crippen LogP) is 2.90. The van der Waals surface area contributed by atoms with Gasteiger partial charge < -0.3 is 9.73 Å². The van der Waals surface area contributed by atoms with Crippen LogP contribution in [-0.4, -0.2) is 6.54 Å². The number of hydrogen-bond donors (Lipinski definition) is 1. The molecule has 0 spiro atoms. The molecule has 1 N–H and O–H groups in total. The van der Waals surface area contributed by atoms with Crippen molar-refractivity contribution in [1.82, 2.24) is 5.32 Å². The summed E-state index contributed by atoms with van der Waals surface area (Å²) in [5.41, 5.74) is 2.54. The van der Waals surface area contributed by atoms with Crippen molar-refractivity contribution >= 4 is 0 Å². The molecule has 1 heterocycles. The second-order valence-corrected chi connectivity index (χ2v) is 3.47. The molecule has 0 aliphatic carbocycles. The van der Waals surface area contributed by atoms with Gasteiger partial charge in [0, 0.05) is 18.2 Å². The van der Waals surface area contributed by atoms with E-state index in [1.54, 1.807) is 12.5 Å². The second-order valence-electron chi connectivity index (χ2n) is 3.47. The molecule has 1 atom stereocenters. The van der Waals surface area contributed by atoms with Crippen molar-refractivity contribution in [2.75, 3.05) is 6.54 Å². The molecule has 0 fully saturated rings. The molecular formula is C11H17NO. The first-order valence-corrected chi connectivity index (χ1v) is 4.59. The van der Waals surface area contributed by atoms with Gasteiger partial charge in [0.15, 0.2) is 0 Å². The largest absolute Gasteiger partial charge is 0.472 e. The van der Waals surface area contributed by atoms with E-state index in [0.29, 0.717) is 6.04 Å². The molecule has 0 saturated heterocycles. The summed E-state index contributed by atoms with van der Waals surface area (Å²) in [6, 6.07) is 2.34. The highest BCUT2D eigenvalue weighted by Crippen LogP contribution is 2.11. The van der Waals surface area contributed by atoms with E-state index in [1.165, 1.54) is 11.1 Å². The second kappa shape index (κ2) is 4.87. The smallest absolute Gasteiger partial charge is 0.0950 e. The summed E-state index contributed by atoms with van der Waals surface area (Å²) >= 11 is 0. The molecule has 1 rings (SSSR count). The van der Waals surface area contributed by atoms with Crippen molar-refractivity contribution in [3.63, 3.8) is 0 Å². The third-order valence-corrected chi connectivity index (χ3v) is 1.98. The summed E-state index contributed by atoms with van der Waals surface area (Å²) < 4.78 is 5.01. The summed E-state index contributed by atoms with van der Waals surface area (Å²) in [6.45, 7) is 7.24. The van der Waals surface area contributed by atoms with Crippen molar-refractivity contribution in [3.8, 4) is 0 Å². The number of allylic oxidation sites excluding steroid dienone is 1. The lowest BCUT2D eigenvalue weighted by atomic mass is 10.2. The standard InChI is InChI=1S/C11H17NO/c1-9(2)4-6-12-10(3)11-5-7-13-8-11/h4-5,7-8,10,12H,6H2,1-3H3. The lowest BCUT2D eigenvalue weighted by Gasteiger charge is -2.09. The third kappa shape index (κ3) is 3.47. The molecule has 2 nitrogen and oxygen atoms in total. The van der Waals surface area contributed by atoms with E-state index >= 15 is 0 Å². The Morgan fingerprint density at radius 2 is 2.38 bits per heavy atom. The van der Waals surface area contributed by atoms with Crippen LogP contribution >= 0.6 is 0 Å². The van der Waals surface area contributed by atoms with Gasteiger partial charge in [-0.1, -0.05) is 11.6 Å². The molecule has 2 heteroatoms. The first-order chi connectivity index (χ1) is 6.20. The summed E-state index contributed by atoms with van der Waals surface area (Å²) in [6.07, 6.45) is 5.66. The van der Waals surface area contributed by atoms with Gasteiger partial charge in [-0.25, -0.2) is 0 Å². The average Bonchev–Trinajstić information content (AvgIpc) is 2.55. The Kier molecular flexibility index (Phi) is 3.77. The van der Waals surface area contributed by atoms with Crippen LogP contribution < -0.4 is 5.32 Å². The maximum Gasteiger partial charge on any atom is 0.0950 e. The first-order valence-electron chi connectivity index (χ1n) is 4.59. The van der Waals surface area contributed by atoms with Gasteiger partial charge in [-0.05, 0) is 26.8 Å². The van der Waals surface area contributed by atoms with Crippen LogP contribution in [-0.2, 0) is 0 Å². The van der Waals surface area contributed by atoms with Gasteiger partial charge in [-0.3, -0.25) is 0 Å². The zero-order valence-electron chi connectivity index (χ0n) is 8.50. The molecule has 0 aliphatic rings. The van der Waals surface area contributed by atoms with Crippen LogP contribution in [0.25, 0.3) is 0 Å². The molecule has 0 aliphatic heterocycles. The van der Waals surface area contributed by atoms with Crippen LogP contribution in [0.1, 0.15) is 32.4 Å². The van der Waals surface area contributed by atoms with Crippen molar-refractivity contribution in [2.45, 2.75) is 26.8 Å². The molecule has 0 radical (unpaired) electrons. The van der Waals surface area contributed by atoms with E-state index in [0.717, 1.165) is 6.54 Å². The Balaban J connectivity index is 2.34. The van der Waals surface area contributed by atoms with Gasteiger partial charge in [0.2, 0.25) is 0 Å². The molecule has 13 heavy (non-hydrogen) atoms. The van der Waals surface area contributed by atoms with Crippen LogP contribution in [0, 0.1) is 0 Å². The van der Waals surface area contributed by atoms with Crippen LogP contribution in [0.15, 0.2) is 34.7 Å². The van der Waals surface area contributed by atoms with Crippen molar-refractivity contribution in [2.24, 2.45) is 0 Å². The predicted molar refractivity (Wildman–Crippen MR) is 54.6 cm³/mol. The lowest BCUT2D eigenvalue weighted by Crippen LogP contribution is -2.18. The molecule has 0 amide bonds. The summed E-state index contributed by atoms with van der Waals surface area (Å²) in [5.74, 6) is 0. The Hall–Kier alpha value is -1.02. The normalized spacial score (nSPS) is 12.5. The van der Waals surface area contributed by atoms with Gasteiger partial charge in [-0.2, -0.15) is 0 Å². The van der Waals surface area contributed by atoms with E-state index in [1.807, 2.05) is 6.07 Å². The number of nitrogens with one attached hydrogen (secondary N) is 1. The summed E-state index contributed by atoms with van der Waals surface area (Å²) in [5, 5.41) is 3.38. The van der Waals surface area contributed by atoms with Crippen molar-refractivity contribution in [3.05, 3.63) is 35.8 Å². The fraction of sp³-hybridized carbons (Fsp3) is 0.455. The van der Waals surface area contributed by atoms with Gasteiger partial charge in [0.1, 0.15) is 0 Å². The highest BCUT2D eigenvalue weighted by Gasteiger charge is 2.03.